The Kier molecular flexibility index (Phi) is 10.6. The minimum Gasteiger partial charge on any atom is -0.342 e. The van der Waals surface area contributed by atoms with E-state index in [0.29, 0.717) is 12.5 Å². The van der Waals surface area contributed by atoms with Crippen LogP contribution >= 0.6 is 0 Å². The van der Waals surface area contributed by atoms with Gasteiger partial charge in [-0.3, -0.25) is 14.5 Å². The molecule has 1 saturated carbocycles. The molecule has 0 spiro atoms. The lowest BCUT2D eigenvalue weighted by atomic mass is 9.82. The SMILES string of the molecule is CC/C=C\C=C(/C)CN1C(=O)[C@H](CC2CCCCC2)NC(=O)C1C1CCN(Cc2c(C)nn(-c3ccccc3)c2C)CC1. The molecule has 3 aliphatic rings. The molecule has 0 bridgehead atoms. The van der Waals surface area contributed by atoms with E-state index >= 15 is 0 Å². The second-order valence-electron chi connectivity index (χ2n) is 13.1. The molecule has 2 atom stereocenters. The van der Waals surface area contributed by atoms with E-state index in [9.17, 15) is 9.59 Å². The van der Waals surface area contributed by atoms with Gasteiger partial charge in [-0.05, 0) is 83.5 Å². The fourth-order valence-electron chi connectivity index (χ4n) is 7.42. The molecule has 2 aromatic rings. The summed E-state index contributed by atoms with van der Waals surface area (Å²) < 4.78 is 2.04. The maximum Gasteiger partial charge on any atom is 0.246 e. The Labute approximate surface area is 258 Å². The molecule has 2 aliphatic heterocycles. The summed E-state index contributed by atoms with van der Waals surface area (Å²) in [5, 5.41) is 8.06. The minimum absolute atomic E-state index is 0.0478. The number of rotatable bonds is 10. The Balaban J connectivity index is 1.27. The van der Waals surface area contributed by atoms with Crippen molar-refractivity contribution in [3.8, 4) is 5.69 Å². The van der Waals surface area contributed by atoms with Crippen molar-refractivity contribution in [2.75, 3.05) is 19.6 Å². The summed E-state index contributed by atoms with van der Waals surface area (Å²) in [7, 11) is 0. The lowest BCUT2D eigenvalue weighted by Gasteiger charge is -2.45. The number of benzene rings is 1. The topological polar surface area (TPSA) is 70.5 Å². The number of nitrogens with one attached hydrogen (secondary N) is 1. The lowest BCUT2D eigenvalue weighted by Crippen LogP contribution is -2.66. The number of carbonyl (C=O) groups is 2. The molecule has 1 aromatic heterocycles. The first-order valence-electron chi connectivity index (χ1n) is 16.6. The van der Waals surface area contributed by atoms with Crippen LogP contribution in [0, 0.1) is 25.7 Å². The van der Waals surface area contributed by atoms with Gasteiger partial charge in [-0.1, -0.05) is 81.0 Å². The number of piperazine rings is 1. The van der Waals surface area contributed by atoms with Crippen LogP contribution < -0.4 is 5.32 Å². The van der Waals surface area contributed by atoms with E-state index in [2.05, 4.69) is 68.3 Å². The third-order valence-corrected chi connectivity index (χ3v) is 9.87. The normalized spacial score (nSPS) is 23.3. The quantitative estimate of drug-likeness (QED) is 0.333. The Morgan fingerprint density at radius 3 is 2.44 bits per heavy atom. The first-order chi connectivity index (χ1) is 20.9. The van der Waals surface area contributed by atoms with E-state index < -0.39 is 12.1 Å². The summed E-state index contributed by atoms with van der Waals surface area (Å²) in [6, 6.07) is 9.51. The standard InChI is InChI=1S/C36H51N5O2/c1-5-6-9-14-26(2)24-40-34(35(42)37-33(36(40)43)23-29-15-10-7-11-16-29)30-19-21-39(22-20-30)25-32-27(3)38-41(28(32)4)31-17-12-8-13-18-31/h6,8-9,12-14,17-18,29-30,33-34H,5,7,10-11,15-16,19-25H2,1-4H3,(H,37,42)/b9-6-,26-14+/t33-,34?/m0/s1. The maximum atomic E-state index is 14.0. The fourth-order valence-corrected chi connectivity index (χ4v) is 7.42. The summed E-state index contributed by atoms with van der Waals surface area (Å²) in [6.45, 7) is 11.6. The van der Waals surface area contributed by atoms with Crippen molar-refractivity contribution in [3.63, 3.8) is 0 Å². The van der Waals surface area contributed by atoms with Crippen molar-refractivity contribution in [1.82, 2.24) is 24.9 Å². The molecule has 1 unspecified atom stereocenters. The molecule has 0 radical (unpaired) electrons. The number of carbonyl (C=O) groups excluding carboxylic acids is 2. The highest BCUT2D eigenvalue weighted by Gasteiger charge is 2.45. The zero-order valence-electron chi connectivity index (χ0n) is 26.7. The molecule has 7 nitrogen and oxygen atoms in total. The van der Waals surface area contributed by atoms with E-state index in [-0.39, 0.29) is 17.7 Å². The van der Waals surface area contributed by atoms with E-state index in [1.165, 1.54) is 43.4 Å². The molecule has 2 saturated heterocycles. The monoisotopic (exact) mass is 585 g/mol. The summed E-state index contributed by atoms with van der Waals surface area (Å²) in [6.07, 6.45) is 16.0. The van der Waals surface area contributed by atoms with Crippen LogP contribution in [0.1, 0.15) is 88.6 Å². The molecular formula is C36H51N5O2. The third-order valence-electron chi connectivity index (χ3n) is 9.87. The molecule has 3 heterocycles. The number of likely N-dealkylation sites (tertiary alicyclic amines) is 1. The number of aryl methyl sites for hydroxylation is 1. The van der Waals surface area contributed by atoms with Crippen molar-refractivity contribution in [1.29, 1.82) is 0 Å². The molecular weight excluding hydrogens is 534 g/mol. The Morgan fingerprint density at radius 2 is 1.74 bits per heavy atom. The molecule has 5 rings (SSSR count). The summed E-state index contributed by atoms with van der Waals surface area (Å²) in [4.78, 5) is 32.2. The van der Waals surface area contributed by atoms with Crippen LogP contribution in [0.25, 0.3) is 5.69 Å². The Morgan fingerprint density at radius 1 is 1.02 bits per heavy atom. The average Bonchev–Trinajstić information content (AvgIpc) is 3.30. The molecule has 43 heavy (non-hydrogen) atoms. The van der Waals surface area contributed by atoms with Gasteiger partial charge in [0.2, 0.25) is 11.8 Å². The molecule has 1 N–H and O–H groups in total. The first-order valence-corrected chi connectivity index (χ1v) is 16.6. The molecule has 1 aromatic carbocycles. The van der Waals surface area contributed by atoms with E-state index in [4.69, 9.17) is 5.10 Å². The minimum atomic E-state index is -0.403. The molecule has 1 aliphatic carbocycles. The van der Waals surface area contributed by atoms with E-state index in [1.807, 2.05) is 27.8 Å². The van der Waals surface area contributed by atoms with Gasteiger partial charge in [-0.25, -0.2) is 4.68 Å². The van der Waals surface area contributed by atoms with E-state index in [1.54, 1.807) is 0 Å². The second-order valence-corrected chi connectivity index (χ2v) is 13.1. The van der Waals surface area contributed by atoms with Gasteiger partial charge in [0.1, 0.15) is 12.1 Å². The van der Waals surface area contributed by atoms with Crippen LogP contribution in [0.2, 0.25) is 0 Å². The highest BCUT2D eigenvalue weighted by molar-refractivity contribution is 5.97. The number of amides is 2. The number of hydrogen-bond acceptors (Lipinski definition) is 4. The number of piperidine rings is 1. The number of para-hydroxylation sites is 1. The maximum absolute atomic E-state index is 14.0. The number of hydrogen-bond donors (Lipinski definition) is 1. The van der Waals surface area contributed by atoms with Gasteiger partial charge in [0.25, 0.3) is 0 Å². The van der Waals surface area contributed by atoms with Gasteiger partial charge in [-0.2, -0.15) is 5.10 Å². The Bertz CT molecular complexity index is 1300. The Hall–Kier alpha value is -3.19. The zero-order chi connectivity index (χ0) is 30.3. The van der Waals surface area contributed by atoms with Gasteiger partial charge in [-0.15, -0.1) is 0 Å². The van der Waals surface area contributed by atoms with Crippen LogP contribution in [-0.2, 0) is 16.1 Å². The molecule has 7 heteroatoms. The molecule has 3 fully saturated rings. The number of allylic oxidation sites excluding steroid dienone is 3. The molecule has 2 amide bonds. The van der Waals surface area contributed by atoms with Gasteiger partial charge < -0.3 is 10.2 Å². The van der Waals surface area contributed by atoms with Crippen LogP contribution in [0.4, 0.5) is 0 Å². The van der Waals surface area contributed by atoms with Gasteiger partial charge >= 0.3 is 0 Å². The van der Waals surface area contributed by atoms with Crippen molar-refractivity contribution < 1.29 is 9.59 Å². The fraction of sp³-hybridized carbons (Fsp3) is 0.583. The summed E-state index contributed by atoms with van der Waals surface area (Å²) in [5.41, 5.74) is 5.72. The van der Waals surface area contributed by atoms with Crippen molar-refractivity contribution in [2.24, 2.45) is 11.8 Å². The van der Waals surface area contributed by atoms with Crippen LogP contribution in [0.3, 0.4) is 0 Å². The highest BCUT2D eigenvalue weighted by atomic mass is 16.2. The lowest BCUT2D eigenvalue weighted by molar-refractivity contribution is -0.152. The summed E-state index contributed by atoms with van der Waals surface area (Å²) >= 11 is 0. The van der Waals surface area contributed by atoms with E-state index in [0.717, 1.165) is 62.3 Å². The largest absolute Gasteiger partial charge is 0.342 e. The molecule has 232 valence electrons. The average molecular weight is 586 g/mol. The number of aromatic nitrogens is 2. The van der Waals surface area contributed by atoms with Crippen LogP contribution in [0.5, 0.6) is 0 Å². The van der Waals surface area contributed by atoms with Crippen molar-refractivity contribution in [3.05, 3.63) is 71.1 Å². The van der Waals surface area contributed by atoms with Gasteiger partial charge in [0, 0.05) is 24.3 Å². The second kappa shape index (κ2) is 14.5. The van der Waals surface area contributed by atoms with Gasteiger partial charge in [0.15, 0.2) is 0 Å². The highest BCUT2D eigenvalue weighted by Crippen LogP contribution is 2.33. The van der Waals surface area contributed by atoms with Gasteiger partial charge in [0.05, 0.1) is 11.4 Å². The first kappa shape index (κ1) is 31.2. The predicted molar refractivity (Wildman–Crippen MR) is 173 cm³/mol. The van der Waals surface area contributed by atoms with Crippen LogP contribution in [0.15, 0.2) is 54.1 Å². The smallest absolute Gasteiger partial charge is 0.246 e. The van der Waals surface area contributed by atoms with Crippen LogP contribution in [-0.4, -0.2) is 63.1 Å². The zero-order valence-corrected chi connectivity index (χ0v) is 26.7. The third kappa shape index (κ3) is 7.49. The van der Waals surface area contributed by atoms with Crippen molar-refractivity contribution >= 4 is 11.8 Å². The summed E-state index contributed by atoms with van der Waals surface area (Å²) in [5.74, 6) is 0.854. The predicted octanol–water partition coefficient (Wildman–Crippen LogP) is 6.28. The number of nitrogens with zero attached hydrogens (tertiary/aromatic N) is 4. The van der Waals surface area contributed by atoms with Crippen molar-refractivity contribution in [2.45, 2.75) is 104 Å².